The minimum Gasteiger partial charge on any atom is -0.361 e. The van der Waals surface area contributed by atoms with E-state index in [2.05, 4.69) is 20.6 Å². The number of carbonyl (C=O) groups excluding carboxylic acids is 2. The molecule has 2 amide bonds. The Labute approximate surface area is 173 Å². The van der Waals surface area contributed by atoms with Crippen molar-refractivity contribution in [2.75, 3.05) is 6.54 Å². The van der Waals surface area contributed by atoms with Gasteiger partial charge in [-0.05, 0) is 32.3 Å². The van der Waals surface area contributed by atoms with Crippen LogP contribution in [0.4, 0.5) is 0 Å². The third-order valence-electron chi connectivity index (χ3n) is 5.25. The highest BCUT2D eigenvalue weighted by Crippen LogP contribution is 2.31. The smallest absolute Gasteiger partial charge is 0.257 e. The van der Waals surface area contributed by atoms with Crippen LogP contribution in [0, 0.1) is 13.8 Å². The number of hydrogen-bond acceptors (Lipinski definition) is 7. The number of carbonyl (C=O) groups is 2. The second-order valence-corrected chi connectivity index (χ2v) is 7.31. The van der Waals surface area contributed by atoms with Gasteiger partial charge in [0.25, 0.3) is 5.91 Å². The Morgan fingerprint density at radius 3 is 2.73 bits per heavy atom. The maximum absolute atomic E-state index is 12.4. The molecule has 1 aromatic carbocycles. The standard InChI is InChI=1S/C21H23N5O4/c1-13-19(14(2)29-24-13)20(28)22-12-17-23-21(30-25-17)16-8-9-18(27)26(16)11-10-15-6-4-3-5-7-15/h3-7,16H,8-12H2,1-2H3,(H,22,28)/t16-/m0/s1. The summed E-state index contributed by atoms with van der Waals surface area (Å²) in [5.41, 5.74) is 2.11. The van der Waals surface area contributed by atoms with E-state index in [0.29, 0.717) is 48.1 Å². The topological polar surface area (TPSA) is 114 Å². The largest absolute Gasteiger partial charge is 0.361 e. The van der Waals surface area contributed by atoms with Gasteiger partial charge in [-0.1, -0.05) is 40.6 Å². The lowest BCUT2D eigenvalue weighted by Gasteiger charge is -2.21. The Balaban J connectivity index is 1.38. The molecule has 0 radical (unpaired) electrons. The number of benzene rings is 1. The fourth-order valence-electron chi connectivity index (χ4n) is 3.69. The number of rotatable bonds is 7. The maximum Gasteiger partial charge on any atom is 0.257 e. The van der Waals surface area contributed by atoms with Gasteiger partial charge in [0.2, 0.25) is 11.8 Å². The Hall–Kier alpha value is -3.49. The summed E-state index contributed by atoms with van der Waals surface area (Å²) in [6, 6.07) is 9.79. The first-order valence-electron chi connectivity index (χ1n) is 9.90. The first-order valence-corrected chi connectivity index (χ1v) is 9.90. The van der Waals surface area contributed by atoms with Crippen LogP contribution < -0.4 is 5.32 Å². The van der Waals surface area contributed by atoms with E-state index in [1.807, 2.05) is 30.3 Å². The molecule has 1 atom stereocenters. The molecule has 0 aliphatic carbocycles. The average Bonchev–Trinajstić information content (AvgIpc) is 3.44. The van der Waals surface area contributed by atoms with Crippen LogP contribution >= 0.6 is 0 Å². The molecule has 0 saturated carbocycles. The van der Waals surface area contributed by atoms with Gasteiger partial charge in [-0.2, -0.15) is 4.98 Å². The van der Waals surface area contributed by atoms with Gasteiger partial charge in [0.15, 0.2) is 5.82 Å². The first kappa shape index (κ1) is 19.8. The molecule has 9 nitrogen and oxygen atoms in total. The summed E-state index contributed by atoms with van der Waals surface area (Å²) in [5, 5.41) is 10.5. The van der Waals surface area contributed by atoms with Gasteiger partial charge >= 0.3 is 0 Å². The van der Waals surface area contributed by atoms with E-state index < -0.39 is 0 Å². The lowest BCUT2D eigenvalue weighted by Crippen LogP contribution is -2.30. The van der Waals surface area contributed by atoms with Crippen molar-refractivity contribution in [1.29, 1.82) is 0 Å². The molecule has 3 heterocycles. The van der Waals surface area contributed by atoms with Crippen LogP contribution in [0.1, 0.15) is 58.0 Å². The van der Waals surface area contributed by atoms with Crippen molar-refractivity contribution >= 4 is 11.8 Å². The number of likely N-dealkylation sites (tertiary alicyclic amines) is 1. The Kier molecular flexibility index (Phi) is 5.60. The zero-order valence-corrected chi connectivity index (χ0v) is 16.9. The number of hydrogen-bond donors (Lipinski definition) is 1. The van der Waals surface area contributed by atoms with Crippen LogP contribution in [0.2, 0.25) is 0 Å². The number of amides is 2. The third-order valence-corrected chi connectivity index (χ3v) is 5.25. The molecule has 4 rings (SSSR count). The van der Waals surface area contributed by atoms with Crippen molar-refractivity contribution < 1.29 is 18.6 Å². The predicted octanol–water partition coefficient (Wildman–Crippen LogP) is 2.51. The lowest BCUT2D eigenvalue weighted by atomic mass is 10.1. The molecule has 1 aliphatic heterocycles. The molecular formula is C21H23N5O4. The van der Waals surface area contributed by atoms with Crippen LogP contribution in [0.3, 0.4) is 0 Å². The molecule has 2 aromatic heterocycles. The predicted molar refractivity (Wildman–Crippen MR) is 105 cm³/mol. The quantitative estimate of drug-likeness (QED) is 0.638. The molecule has 0 spiro atoms. The molecule has 1 fully saturated rings. The van der Waals surface area contributed by atoms with Crippen molar-refractivity contribution in [1.82, 2.24) is 25.5 Å². The lowest BCUT2D eigenvalue weighted by molar-refractivity contribution is -0.129. The highest BCUT2D eigenvalue weighted by molar-refractivity contribution is 5.95. The molecule has 0 unspecified atom stereocenters. The van der Waals surface area contributed by atoms with E-state index in [1.54, 1.807) is 18.7 Å². The second-order valence-electron chi connectivity index (χ2n) is 7.31. The minimum absolute atomic E-state index is 0.0855. The van der Waals surface area contributed by atoms with E-state index in [4.69, 9.17) is 9.05 Å². The molecule has 156 valence electrons. The van der Waals surface area contributed by atoms with E-state index in [9.17, 15) is 9.59 Å². The van der Waals surface area contributed by atoms with E-state index in [-0.39, 0.29) is 24.4 Å². The number of aryl methyl sites for hydroxylation is 2. The minimum atomic E-state index is -0.307. The summed E-state index contributed by atoms with van der Waals surface area (Å²) in [6.07, 6.45) is 1.86. The van der Waals surface area contributed by atoms with Crippen LogP contribution in [0.25, 0.3) is 0 Å². The van der Waals surface area contributed by atoms with Crippen LogP contribution in [-0.4, -0.2) is 38.6 Å². The van der Waals surface area contributed by atoms with Crippen molar-refractivity contribution in [2.45, 2.75) is 45.7 Å². The second kappa shape index (κ2) is 8.48. The van der Waals surface area contributed by atoms with E-state index in [0.717, 1.165) is 6.42 Å². The Morgan fingerprint density at radius 1 is 1.20 bits per heavy atom. The molecule has 30 heavy (non-hydrogen) atoms. The van der Waals surface area contributed by atoms with Gasteiger partial charge in [0, 0.05) is 13.0 Å². The molecular weight excluding hydrogens is 386 g/mol. The van der Waals surface area contributed by atoms with Gasteiger partial charge in [-0.25, -0.2) is 0 Å². The summed E-state index contributed by atoms with van der Waals surface area (Å²) in [4.78, 5) is 30.9. The number of aromatic nitrogens is 3. The maximum atomic E-state index is 12.4. The monoisotopic (exact) mass is 409 g/mol. The van der Waals surface area contributed by atoms with Crippen molar-refractivity contribution in [3.63, 3.8) is 0 Å². The zero-order chi connectivity index (χ0) is 21.1. The Morgan fingerprint density at radius 2 is 2.00 bits per heavy atom. The molecule has 9 heteroatoms. The SMILES string of the molecule is Cc1noc(C)c1C(=O)NCc1noc([C@@H]2CCC(=O)N2CCc2ccccc2)n1. The van der Waals surface area contributed by atoms with Crippen molar-refractivity contribution in [2.24, 2.45) is 0 Å². The first-order chi connectivity index (χ1) is 14.5. The fraction of sp³-hybridized carbons (Fsp3) is 0.381. The summed E-state index contributed by atoms with van der Waals surface area (Å²) in [5.74, 6) is 0.987. The average molecular weight is 409 g/mol. The summed E-state index contributed by atoms with van der Waals surface area (Å²) >= 11 is 0. The van der Waals surface area contributed by atoms with Crippen molar-refractivity contribution in [3.05, 3.63) is 64.6 Å². The van der Waals surface area contributed by atoms with Gasteiger partial charge in [-0.3, -0.25) is 9.59 Å². The summed E-state index contributed by atoms with van der Waals surface area (Å²) in [6.45, 7) is 4.09. The van der Waals surface area contributed by atoms with E-state index in [1.165, 1.54) is 5.56 Å². The molecule has 0 bridgehead atoms. The summed E-state index contributed by atoms with van der Waals surface area (Å²) < 4.78 is 10.4. The van der Waals surface area contributed by atoms with Gasteiger partial charge in [0.1, 0.15) is 17.4 Å². The van der Waals surface area contributed by atoms with Gasteiger partial charge in [0.05, 0.1) is 12.2 Å². The van der Waals surface area contributed by atoms with Crippen LogP contribution in [0.15, 0.2) is 39.4 Å². The van der Waals surface area contributed by atoms with Crippen LogP contribution in [0.5, 0.6) is 0 Å². The summed E-state index contributed by atoms with van der Waals surface area (Å²) in [7, 11) is 0. The highest BCUT2D eigenvalue weighted by atomic mass is 16.5. The molecule has 1 saturated heterocycles. The zero-order valence-electron chi connectivity index (χ0n) is 16.9. The third kappa shape index (κ3) is 4.10. The molecule has 1 aliphatic rings. The highest BCUT2D eigenvalue weighted by Gasteiger charge is 2.35. The van der Waals surface area contributed by atoms with Crippen molar-refractivity contribution in [3.8, 4) is 0 Å². The Bertz CT molecular complexity index is 1020. The number of nitrogens with zero attached hydrogens (tertiary/aromatic N) is 4. The van der Waals surface area contributed by atoms with Gasteiger partial charge in [-0.15, -0.1) is 0 Å². The normalized spacial score (nSPS) is 16.3. The van der Waals surface area contributed by atoms with E-state index >= 15 is 0 Å². The number of nitrogens with one attached hydrogen (secondary N) is 1. The van der Waals surface area contributed by atoms with Crippen LogP contribution in [-0.2, 0) is 17.8 Å². The fourth-order valence-corrected chi connectivity index (χ4v) is 3.69. The van der Waals surface area contributed by atoms with Gasteiger partial charge < -0.3 is 19.3 Å². The molecule has 1 N–H and O–H groups in total. The molecule has 3 aromatic rings.